The third-order valence-corrected chi connectivity index (χ3v) is 4.50. The minimum atomic E-state index is -0.0600. The third kappa shape index (κ3) is 2.44. The van der Waals surface area contributed by atoms with E-state index in [0.717, 1.165) is 58.1 Å². The molecule has 0 amide bonds. The number of rotatable bonds is 2. The van der Waals surface area contributed by atoms with Gasteiger partial charge in [0.1, 0.15) is 5.72 Å². The van der Waals surface area contributed by atoms with Crippen molar-refractivity contribution in [2.24, 2.45) is 5.92 Å². The maximum atomic E-state index is 6.10. The summed E-state index contributed by atoms with van der Waals surface area (Å²) in [5.41, 5.74) is 0.175. The highest BCUT2D eigenvalue weighted by atomic mass is 16.5. The second-order valence-electron chi connectivity index (χ2n) is 6.69. The highest BCUT2D eigenvalue weighted by Crippen LogP contribution is 2.35. The van der Waals surface area contributed by atoms with Crippen molar-refractivity contribution in [3.63, 3.8) is 0 Å². The normalized spacial score (nSPS) is 30.8. The average Bonchev–Trinajstić information content (AvgIpc) is 2.30. The first-order valence-electron chi connectivity index (χ1n) is 7.35. The lowest BCUT2D eigenvalue weighted by Crippen LogP contribution is -2.73. The maximum absolute atomic E-state index is 6.10. The van der Waals surface area contributed by atoms with Gasteiger partial charge in [-0.2, -0.15) is 0 Å². The summed E-state index contributed by atoms with van der Waals surface area (Å²) < 4.78 is 11.5. The number of piperidine rings is 1. The minimum Gasteiger partial charge on any atom is -0.377 e. The van der Waals surface area contributed by atoms with Crippen LogP contribution in [0, 0.1) is 5.92 Å². The number of nitrogens with zero attached hydrogens (tertiary/aromatic N) is 1. The van der Waals surface area contributed by atoms with Gasteiger partial charge in [-0.3, -0.25) is 5.32 Å². The molecular weight excluding hydrogens is 228 g/mol. The average molecular weight is 254 g/mol. The Morgan fingerprint density at radius 3 is 2.44 bits per heavy atom. The van der Waals surface area contributed by atoms with Crippen LogP contribution in [-0.4, -0.2) is 55.6 Å². The zero-order valence-corrected chi connectivity index (χ0v) is 11.7. The molecule has 4 heteroatoms. The molecule has 0 unspecified atom stereocenters. The van der Waals surface area contributed by atoms with E-state index in [1.807, 2.05) is 0 Å². The monoisotopic (exact) mass is 254 g/mol. The predicted molar refractivity (Wildman–Crippen MR) is 70.5 cm³/mol. The number of nitrogens with one attached hydrogen (secondary N) is 1. The Hall–Kier alpha value is -0.160. The zero-order chi connectivity index (χ0) is 12.6. The SMILES string of the molecule is CC(C)CN1CCC2(CC1)NC1(CCO2)COC1. The summed E-state index contributed by atoms with van der Waals surface area (Å²) in [4.78, 5) is 2.57. The van der Waals surface area contributed by atoms with Gasteiger partial charge in [0.15, 0.2) is 0 Å². The fourth-order valence-electron chi connectivity index (χ4n) is 3.47. The lowest BCUT2D eigenvalue weighted by atomic mass is 9.86. The zero-order valence-electron chi connectivity index (χ0n) is 11.7. The van der Waals surface area contributed by atoms with E-state index in [4.69, 9.17) is 9.47 Å². The quantitative estimate of drug-likeness (QED) is 0.803. The Bertz CT molecular complexity index is 294. The van der Waals surface area contributed by atoms with Crippen LogP contribution < -0.4 is 5.32 Å². The van der Waals surface area contributed by atoms with Gasteiger partial charge in [-0.05, 0) is 12.3 Å². The molecule has 3 aliphatic rings. The minimum absolute atomic E-state index is 0.0600. The fraction of sp³-hybridized carbons (Fsp3) is 1.00. The van der Waals surface area contributed by atoms with Crippen molar-refractivity contribution in [1.82, 2.24) is 10.2 Å². The Morgan fingerprint density at radius 1 is 1.17 bits per heavy atom. The molecule has 3 fully saturated rings. The number of likely N-dealkylation sites (tertiary alicyclic amines) is 1. The summed E-state index contributed by atoms with van der Waals surface area (Å²) in [6, 6.07) is 0. The van der Waals surface area contributed by atoms with E-state index < -0.39 is 0 Å². The molecule has 3 aliphatic heterocycles. The molecule has 3 rings (SSSR count). The van der Waals surface area contributed by atoms with Crippen molar-refractivity contribution in [1.29, 1.82) is 0 Å². The molecule has 1 N–H and O–H groups in total. The van der Waals surface area contributed by atoms with Gasteiger partial charge in [-0.1, -0.05) is 13.8 Å². The number of ether oxygens (including phenoxy) is 2. The molecule has 2 spiro atoms. The summed E-state index contributed by atoms with van der Waals surface area (Å²) in [5, 5.41) is 3.78. The first-order valence-corrected chi connectivity index (χ1v) is 7.35. The Balaban J connectivity index is 1.57. The van der Waals surface area contributed by atoms with Gasteiger partial charge in [0.2, 0.25) is 0 Å². The van der Waals surface area contributed by atoms with Gasteiger partial charge >= 0.3 is 0 Å². The number of hydrogen-bond acceptors (Lipinski definition) is 4. The van der Waals surface area contributed by atoms with Crippen molar-refractivity contribution in [3.8, 4) is 0 Å². The standard InChI is InChI=1S/C14H26N2O2/c1-12(2)9-16-6-3-14(4-7-16)15-13(5-8-18-14)10-17-11-13/h12,15H,3-11H2,1-2H3. The predicted octanol–water partition coefficient (Wildman–Crippen LogP) is 1.21. The van der Waals surface area contributed by atoms with Gasteiger partial charge in [-0.15, -0.1) is 0 Å². The molecule has 0 aliphatic carbocycles. The second kappa shape index (κ2) is 4.75. The first-order chi connectivity index (χ1) is 8.62. The molecule has 0 aromatic heterocycles. The van der Waals surface area contributed by atoms with Crippen LogP contribution in [0.15, 0.2) is 0 Å². The van der Waals surface area contributed by atoms with Crippen molar-refractivity contribution in [3.05, 3.63) is 0 Å². The largest absolute Gasteiger partial charge is 0.377 e. The summed E-state index contributed by atoms with van der Waals surface area (Å²) >= 11 is 0. The van der Waals surface area contributed by atoms with Gasteiger partial charge in [-0.25, -0.2) is 0 Å². The van der Waals surface area contributed by atoms with Crippen molar-refractivity contribution < 1.29 is 9.47 Å². The van der Waals surface area contributed by atoms with E-state index >= 15 is 0 Å². The molecule has 0 aromatic rings. The maximum Gasteiger partial charge on any atom is 0.122 e. The summed E-state index contributed by atoms with van der Waals surface area (Å²) in [5.74, 6) is 0.755. The van der Waals surface area contributed by atoms with E-state index in [-0.39, 0.29) is 11.3 Å². The van der Waals surface area contributed by atoms with E-state index in [2.05, 4.69) is 24.1 Å². The van der Waals surface area contributed by atoms with E-state index in [9.17, 15) is 0 Å². The molecule has 0 atom stereocenters. The third-order valence-electron chi connectivity index (χ3n) is 4.50. The lowest BCUT2D eigenvalue weighted by Gasteiger charge is -2.55. The van der Waals surface area contributed by atoms with Crippen molar-refractivity contribution in [2.75, 3.05) is 39.5 Å². The fourth-order valence-corrected chi connectivity index (χ4v) is 3.47. The van der Waals surface area contributed by atoms with Crippen LogP contribution in [-0.2, 0) is 9.47 Å². The van der Waals surface area contributed by atoms with Crippen LogP contribution in [0.4, 0.5) is 0 Å². The smallest absolute Gasteiger partial charge is 0.122 e. The highest BCUT2D eigenvalue weighted by molar-refractivity contribution is 5.03. The molecule has 0 saturated carbocycles. The molecule has 4 nitrogen and oxygen atoms in total. The molecule has 0 radical (unpaired) electrons. The molecule has 0 bridgehead atoms. The van der Waals surface area contributed by atoms with Gasteiger partial charge in [0, 0.05) is 32.5 Å². The van der Waals surface area contributed by atoms with Crippen molar-refractivity contribution in [2.45, 2.75) is 44.4 Å². The van der Waals surface area contributed by atoms with E-state index in [0.29, 0.717) is 0 Å². The van der Waals surface area contributed by atoms with Crippen LogP contribution in [0.5, 0.6) is 0 Å². The van der Waals surface area contributed by atoms with Crippen LogP contribution in [0.3, 0.4) is 0 Å². The van der Waals surface area contributed by atoms with E-state index in [1.54, 1.807) is 0 Å². The van der Waals surface area contributed by atoms with Crippen LogP contribution in [0.1, 0.15) is 33.1 Å². The highest BCUT2D eigenvalue weighted by Gasteiger charge is 2.50. The molecule has 0 aromatic carbocycles. The van der Waals surface area contributed by atoms with Crippen LogP contribution in [0.2, 0.25) is 0 Å². The second-order valence-corrected chi connectivity index (χ2v) is 6.69. The summed E-state index contributed by atoms with van der Waals surface area (Å²) in [7, 11) is 0. The summed E-state index contributed by atoms with van der Waals surface area (Å²) in [6.07, 6.45) is 3.33. The van der Waals surface area contributed by atoms with Crippen molar-refractivity contribution >= 4 is 0 Å². The molecular formula is C14H26N2O2. The van der Waals surface area contributed by atoms with Crippen LogP contribution >= 0.6 is 0 Å². The Kier molecular flexibility index (Phi) is 3.39. The topological polar surface area (TPSA) is 33.7 Å². The lowest BCUT2D eigenvalue weighted by molar-refractivity contribution is -0.210. The molecule has 18 heavy (non-hydrogen) atoms. The van der Waals surface area contributed by atoms with Gasteiger partial charge < -0.3 is 14.4 Å². The van der Waals surface area contributed by atoms with Crippen LogP contribution in [0.25, 0.3) is 0 Å². The van der Waals surface area contributed by atoms with Gasteiger partial charge in [0.25, 0.3) is 0 Å². The number of hydrogen-bond donors (Lipinski definition) is 1. The molecule has 3 heterocycles. The first kappa shape index (κ1) is 12.9. The van der Waals surface area contributed by atoms with Gasteiger partial charge in [0.05, 0.1) is 25.4 Å². The molecule has 3 saturated heterocycles. The Morgan fingerprint density at radius 2 is 1.89 bits per heavy atom. The molecule has 104 valence electrons. The van der Waals surface area contributed by atoms with E-state index in [1.165, 1.54) is 6.54 Å². The summed E-state index contributed by atoms with van der Waals surface area (Å²) in [6.45, 7) is 10.7. The Labute approximate surface area is 110 Å².